The third-order valence-corrected chi connectivity index (χ3v) is 4.22. The van der Waals surface area contributed by atoms with Crippen LogP contribution in [-0.2, 0) is 31.0 Å². The molecule has 0 saturated carbocycles. The molecule has 0 bridgehead atoms. The Morgan fingerprint density at radius 3 is 1.92 bits per heavy atom. The summed E-state index contributed by atoms with van der Waals surface area (Å²) in [6, 6.07) is 14.2. The third kappa shape index (κ3) is 7.69. The van der Waals surface area contributed by atoms with Gasteiger partial charge in [-0.2, -0.15) is 16.8 Å². The van der Waals surface area contributed by atoms with E-state index in [0.29, 0.717) is 6.26 Å². The fourth-order valence-corrected chi connectivity index (χ4v) is 2.57. The maximum Gasteiger partial charge on any atom is 0.297 e. The molecule has 6 nitrogen and oxygen atoms in total. The minimum atomic E-state index is -3.69. The van der Waals surface area contributed by atoms with E-state index in [1.54, 1.807) is 24.3 Å². The van der Waals surface area contributed by atoms with Crippen molar-refractivity contribution in [2.24, 2.45) is 0 Å². The lowest BCUT2D eigenvalue weighted by Crippen LogP contribution is -2.07. The second-order valence-electron chi connectivity index (χ2n) is 5.19. The van der Waals surface area contributed by atoms with E-state index in [2.05, 4.69) is 0 Å². The Bertz CT molecular complexity index is 861. The van der Waals surface area contributed by atoms with Crippen molar-refractivity contribution in [2.75, 3.05) is 6.26 Å². The van der Waals surface area contributed by atoms with Gasteiger partial charge in [-0.1, -0.05) is 42.0 Å². The molecule has 0 heterocycles. The van der Waals surface area contributed by atoms with Gasteiger partial charge < -0.3 is 0 Å². The molecular formula is C16H20O6S2. The van der Waals surface area contributed by atoms with Crippen molar-refractivity contribution in [1.29, 1.82) is 0 Å². The number of hydrogen-bond acceptors (Lipinski definition) is 5. The highest BCUT2D eigenvalue weighted by Crippen LogP contribution is 2.16. The van der Waals surface area contributed by atoms with Crippen molar-refractivity contribution in [3.8, 4) is 0 Å². The summed E-state index contributed by atoms with van der Waals surface area (Å²) in [7, 11) is -7.36. The number of rotatable bonds is 4. The SMILES string of the molecule is CS(=O)(=O)O.Cc1ccc(S(=O)(=O)OCc2ccccc2C)cc1. The van der Waals surface area contributed by atoms with E-state index in [-0.39, 0.29) is 11.5 Å². The summed E-state index contributed by atoms with van der Waals surface area (Å²) in [5.41, 5.74) is 2.90. The maximum absolute atomic E-state index is 12.0. The fraction of sp³-hybridized carbons (Fsp3) is 0.250. The first kappa shape index (κ1) is 20.3. The van der Waals surface area contributed by atoms with Crippen molar-refractivity contribution in [3.63, 3.8) is 0 Å². The van der Waals surface area contributed by atoms with Crippen LogP contribution in [0.5, 0.6) is 0 Å². The fourth-order valence-electron chi connectivity index (χ4n) is 1.69. The molecule has 8 heteroatoms. The molecule has 2 aromatic carbocycles. The van der Waals surface area contributed by atoms with Crippen LogP contribution in [0.25, 0.3) is 0 Å². The first-order valence-corrected chi connectivity index (χ1v) is 10.2. The largest absolute Gasteiger partial charge is 0.297 e. The van der Waals surface area contributed by atoms with Crippen LogP contribution in [0.1, 0.15) is 16.7 Å². The van der Waals surface area contributed by atoms with Crippen molar-refractivity contribution in [2.45, 2.75) is 25.3 Å². The van der Waals surface area contributed by atoms with Crippen LogP contribution < -0.4 is 0 Å². The first-order chi connectivity index (χ1) is 11.0. The minimum absolute atomic E-state index is 0.0584. The smallest absolute Gasteiger partial charge is 0.286 e. The predicted molar refractivity (Wildman–Crippen MR) is 91.8 cm³/mol. The molecule has 0 aliphatic heterocycles. The molecule has 0 amide bonds. The molecule has 0 aliphatic rings. The van der Waals surface area contributed by atoms with Crippen LogP contribution in [-0.4, -0.2) is 27.6 Å². The second-order valence-corrected chi connectivity index (χ2v) is 8.27. The van der Waals surface area contributed by atoms with E-state index in [4.69, 9.17) is 8.74 Å². The Kier molecular flexibility index (Phi) is 7.09. The van der Waals surface area contributed by atoms with Crippen LogP contribution >= 0.6 is 0 Å². The zero-order valence-corrected chi connectivity index (χ0v) is 15.3. The Morgan fingerprint density at radius 1 is 0.917 bits per heavy atom. The maximum atomic E-state index is 12.0. The summed E-state index contributed by atoms with van der Waals surface area (Å²) in [5.74, 6) is 0. The lowest BCUT2D eigenvalue weighted by atomic mass is 10.1. The van der Waals surface area contributed by atoms with Gasteiger partial charge in [0.1, 0.15) is 0 Å². The summed E-state index contributed by atoms with van der Waals surface area (Å²) in [6.45, 7) is 3.89. The summed E-state index contributed by atoms with van der Waals surface area (Å²) in [6.07, 6.45) is 0.715. The van der Waals surface area contributed by atoms with Gasteiger partial charge in [0.05, 0.1) is 17.8 Å². The molecule has 0 spiro atoms. The average molecular weight is 372 g/mol. The predicted octanol–water partition coefficient (Wildman–Crippen LogP) is 2.71. The van der Waals surface area contributed by atoms with E-state index in [9.17, 15) is 16.8 Å². The molecule has 24 heavy (non-hydrogen) atoms. The lowest BCUT2D eigenvalue weighted by molar-refractivity contribution is 0.307. The Labute approximate surface area is 143 Å². The highest BCUT2D eigenvalue weighted by molar-refractivity contribution is 7.86. The van der Waals surface area contributed by atoms with E-state index in [0.717, 1.165) is 16.7 Å². The zero-order valence-electron chi connectivity index (χ0n) is 13.6. The zero-order chi connectivity index (χ0) is 18.4. The molecule has 0 radical (unpaired) electrons. The van der Waals surface area contributed by atoms with E-state index >= 15 is 0 Å². The van der Waals surface area contributed by atoms with Crippen LogP contribution in [0.2, 0.25) is 0 Å². The molecule has 0 aromatic heterocycles. The minimum Gasteiger partial charge on any atom is -0.286 e. The van der Waals surface area contributed by atoms with E-state index in [1.165, 1.54) is 0 Å². The van der Waals surface area contributed by atoms with Crippen molar-refractivity contribution in [3.05, 3.63) is 65.2 Å². The third-order valence-electron chi connectivity index (χ3n) is 2.94. The van der Waals surface area contributed by atoms with Crippen LogP contribution in [0.4, 0.5) is 0 Å². The molecule has 132 valence electrons. The summed E-state index contributed by atoms with van der Waals surface area (Å²) in [4.78, 5) is 0.187. The highest BCUT2D eigenvalue weighted by atomic mass is 32.2. The Morgan fingerprint density at radius 2 is 1.42 bits per heavy atom. The van der Waals surface area contributed by atoms with Crippen LogP contribution in [0.3, 0.4) is 0 Å². The first-order valence-electron chi connectivity index (χ1n) is 6.92. The topological polar surface area (TPSA) is 97.7 Å². The van der Waals surface area contributed by atoms with Gasteiger partial charge in [-0.25, -0.2) is 0 Å². The average Bonchev–Trinajstić information content (AvgIpc) is 2.45. The van der Waals surface area contributed by atoms with Gasteiger partial charge in [-0.3, -0.25) is 8.74 Å². The molecule has 0 unspecified atom stereocenters. The van der Waals surface area contributed by atoms with Gasteiger partial charge in [0.25, 0.3) is 20.2 Å². The van der Waals surface area contributed by atoms with Crippen molar-refractivity contribution in [1.82, 2.24) is 0 Å². The van der Waals surface area contributed by atoms with Crippen LogP contribution in [0, 0.1) is 13.8 Å². The molecule has 0 aliphatic carbocycles. The molecule has 2 rings (SSSR count). The van der Waals surface area contributed by atoms with Gasteiger partial charge >= 0.3 is 0 Å². The van der Waals surface area contributed by atoms with Crippen LogP contribution in [0.15, 0.2) is 53.4 Å². The normalized spacial score (nSPS) is 11.5. The molecule has 0 atom stereocenters. The molecule has 0 saturated heterocycles. The second kappa shape index (κ2) is 8.39. The van der Waals surface area contributed by atoms with Gasteiger partial charge in [0, 0.05) is 0 Å². The quantitative estimate of drug-likeness (QED) is 0.654. The van der Waals surface area contributed by atoms with Crippen molar-refractivity contribution < 1.29 is 25.6 Å². The highest BCUT2D eigenvalue weighted by Gasteiger charge is 2.15. The van der Waals surface area contributed by atoms with Gasteiger partial charge in [-0.15, -0.1) is 0 Å². The van der Waals surface area contributed by atoms with Gasteiger partial charge in [-0.05, 0) is 37.1 Å². The number of hydrogen-bond donors (Lipinski definition) is 1. The van der Waals surface area contributed by atoms with E-state index in [1.807, 2.05) is 38.1 Å². The standard InChI is InChI=1S/C15H16O3S.CH4O3S/c1-12-7-9-15(10-8-12)19(16,17)18-11-14-6-4-3-5-13(14)2;1-5(2,3)4/h3-10H,11H2,1-2H3;1H3,(H,2,3,4). The number of benzene rings is 2. The van der Waals surface area contributed by atoms with E-state index < -0.39 is 20.2 Å². The molecule has 0 fully saturated rings. The summed E-state index contributed by atoms with van der Waals surface area (Å²) >= 11 is 0. The molecule has 1 N–H and O–H groups in total. The van der Waals surface area contributed by atoms with Gasteiger partial charge in [0.15, 0.2) is 0 Å². The Balaban J connectivity index is 0.000000505. The van der Waals surface area contributed by atoms with Crippen molar-refractivity contribution >= 4 is 20.2 Å². The monoisotopic (exact) mass is 372 g/mol. The molecular weight excluding hydrogens is 352 g/mol. The number of aryl methyl sites for hydroxylation is 2. The Hall–Kier alpha value is -1.74. The summed E-state index contributed by atoms with van der Waals surface area (Å²) < 4.78 is 55.0. The summed E-state index contributed by atoms with van der Waals surface area (Å²) in [5, 5.41) is 0. The lowest BCUT2D eigenvalue weighted by Gasteiger charge is -2.08. The molecule has 2 aromatic rings. The van der Waals surface area contributed by atoms with Gasteiger partial charge in [0.2, 0.25) is 0 Å².